The van der Waals surface area contributed by atoms with E-state index in [0.717, 1.165) is 19.4 Å². The van der Waals surface area contributed by atoms with Crippen molar-refractivity contribution in [1.29, 1.82) is 0 Å². The van der Waals surface area contributed by atoms with Gasteiger partial charge in [-0.05, 0) is 38.1 Å². The molecule has 18 heavy (non-hydrogen) atoms. The zero-order valence-corrected chi connectivity index (χ0v) is 11.7. The van der Waals surface area contributed by atoms with E-state index in [2.05, 4.69) is 10.6 Å². The molecule has 0 aromatic carbocycles. The molecule has 0 aliphatic carbocycles. The Balaban J connectivity index is 0.00000289. The zero-order chi connectivity index (χ0) is 12.9. The summed E-state index contributed by atoms with van der Waals surface area (Å²) in [7, 11) is 0. The number of rotatable bonds is 4. The van der Waals surface area contributed by atoms with Gasteiger partial charge in [0, 0.05) is 18.8 Å². The predicted octanol–water partition coefficient (Wildman–Crippen LogP) is 2.17. The summed E-state index contributed by atoms with van der Waals surface area (Å²) in [5.74, 6) is -0.300. The van der Waals surface area contributed by atoms with E-state index in [1.807, 2.05) is 6.92 Å². The van der Waals surface area contributed by atoms with Crippen LogP contribution >= 0.6 is 24.2 Å². The second-order valence-corrected chi connectivity index (χ2v) is 5.55. The van der Waals surface area contributed by atoms with Gasteiger partial charge in [0.2, 0.25) is 5.91 Å². The quantitative estimate of drug-likeness (QED) is 0.782. The molecule has 1 heterocycles. The highest BCUT2D eigenvalue weighted by molar-refractivity contribution is 8.00. The number of carbonyl (C=O) groups is 1. The van der Waals surface area contributed by atoms with E-state index in [-0.39, 0.29) is 42.4 Å². The molecular weight excluding hydrogens is 289 g/mol. The van der Waals surface area contributed by atoms with Crippen molar-refractivity contribution in [3.05, 3.63) is 0 Å². The molecule has 2 N–H and O–H groups in total. The van der Waals surface area contributed by atoms with Crippen molar-refractivity contribution >= 4 is 30.1 Å². The number of carbonyl (C=O) groups excluding carboxylic acids is 1. The average Bonchev–Trinajstić information content (AvgIpc) is 2.24. The molecule has 8 heteroatoms. The third-order valence-electron chi connectivity index (χ3n) is 2.80. The molecule has 0 radical (unpaired) electrons. The summed E-state index contributed by atoms with van der Waals surface area (Å²) in [4.78, 5) is 11.8. The van der Waals surface area contributed by atoms with Crippen molar-refractivity contribution in [2.24, 2.45) is 5.41 Å². The van der Waals surface area contributed by atoms with E-state index in [9.17, 15) is 18.0 Å². The van der Waals surface area contributed by atoms with Crippen LogP contribution in [0.1, 0.15) is 19.8 Å². The van der Waals surface area contributed by atoms with E-state index < -0.39 is 10.9 Å². The molecule has 0 saturated carbocycles. The minimum absolute atomic E-state index is 0. The number of nitrogens with one attached hydrogen (secondary N) is 2. The molecule has 1 aliphatic rings. The summed E-state index contributed by atoms with van der Waals surface area (Å²) in [5, 5.41) is 5.69. The van der Waals surface area contributed by atoms with Crippen molar-refractivity contribution in [2.75, 3.05) is 25.4 Å². The van der Waals surface area contributed by atoms with Crippen LogP contribution in [0.4, 0.5) is 13.2 Å². The van der Waals surface area contributed by atoms with Gasteiger partial charge in [-0.3, -0.25) is 4.79 Å². The van der Waals surface area contributed by atoms with Crippen LogP contribution in [-0.2, 0) is 4.79 Å². The first-order chi connectivity index (χ1) is 7.83. The number of alkyl halides is 3. The molecule has 0 aromatic heterocycles. The molecule has 3 nitrogen and oxygen atoms in total. The first-order valence-corrected chi connectivity index (χ1v) is 6.52. The van der Waals surface area contributed by atoms with Gasteiger partial charge in [-0.2, -0.15) is 13.2 Å². The van der Waals surface area contributed by atoms with E-state index >= 15 is 0 Å². The summed E-state index contributed by atoms with van der Waals surface area (Å²) >= 11 is -0.109. The van der Waals surface area contributed by atoms with Gasteiger partial charge in [0.05, 0.1) is 5.41 Å². The Morgan fingerprint density at radius 2 is 2.17 bits per heavy atom. The van der Waals surface area contributed by atoms with Gasteiger partial charge >= 0.3 is 5.51 Å². The lowest BCUT2D eigenvalue weighted by molar-refractivity contribution is -0.130. The van der Waals surface area contributed by atoms with E-state index in [4.69, 9.17) is 0 Å². The summed E-state index contributed by atoms with van der Waals surface area (Å²) in [6, 6.07) is 0. The fraction of sp³-hybridized carbons (Fsp3) is 0.900. The monoisotopic (exact) mass is 306 g/mol. The van der Waals surface area contributed by atoms with Gasteiger partial charge in [-0.1, -0.05) is 0 Å². The maximum atomic E-state index is 11.9. The number of amides is 1. The third-order valence-corrected chi connectivity index (χ3v) is 3.53. The van der Waals surface area contributed by atoms with Crippen molar-refractivity contribution in [3.63, 3.8) is 0 Å². The average molecular weight is 307 g/mol. The third kappa shape index (κ3) is 6.15. The molecule has 0 aromatic rings. The maximum absolute atomic E-state index is 11.9. The summed E-state index contributed by atoms with van der Waals surface area (Å²) in [5.41, 5.74) is -4.71. The highest BCUT2D eigenvalue weighted by Crippen LogP contribution is 2.29. The van der Waals surface area contributed by atoms with Crippen LogP contribution in [0, 0.1) is 5.41 Å². The van der Waals surface area contributed by atoms with Crippen LogP contribution in [0.3, 0.4) is 0 Å². The van der Waals surface area contributed by atoms with E-state index in [1.54, 1.807) is 0 Å². The van der Waals surface area contributed by atoms with Crippen LogP contribution in [-0.4, -0.2) is 36.8 Å². The number of piperidine rings is 1. The van der Waals surface area contributed by atoms with Crippen molar-refractivity contribution in [2.45, 2.75) is 25.3 Å². The molecule has 108 valence electrons. The molecule has 1 saturated heterocycles. The van der Waals surface area contributed by atoms with Crippen molar-refractivity contribution in [1.82, 2.24) is 10.6 Å². The Morgan fingerprint density at radius 3 is 2.67 bits per heavy atom. The molecule has 0 spiro atoms. The van der Waals surface area contributed by atoms with Crippen LogP contribution in [0.2, 0.25) is 0 Å². The molecule has 1 atom stereocenters. The predicted molar refractivity (Wildman–Crippen MR) is 69.0 cm³/mol. The first kappa shape index (κ1) is 17.9. The Morgan fingerprint density at radius 1 is 1.50 bits per heavy atom. The van der Waals surface area contributed by atoms with Crippen LogP contribution in [0.25, 0.3) is 0 Å². The number of hydrogen-bond acceptors (Lipinski definition) is 3. The number of halogens is 4. The maximum Gasteiger partial charge on any atom is 0.441 e. The molecular formula is C10H18ClF3N2OS. The van der Waals surface area contributed by atoms with Gasteiger partial charge < -0.3 is 10.6 Å². The Kier molecular flexibility index (Phi) is 7.39. The standard InChI is InChI=1S/C10H17F3N2OS.ClH/c1-9(3-2-4-14-7-9)8(16)15-5-6-17-10(11,12)13;/h14H,2-7H2,1H3,(H,15,16);1H. The minimum atomic E-state index is -4.22. The van der Waals surface area contributed by atoms with Crippen molar-refractivity contribution < 1.29 is 18.0 Å². The fourth-order valence-corrected chi connectivity index (χ4v) is 2.23. The van der Waals surface area contributed by atoms with Gasteiger partial charge in [0.25, 0.3) is 0 Å². The van der Waals surface area contributed by atoms with Crippen LogP contribution < -0.4 is 10.6 Å². The summed E-state index contributed by atoms with van der Waals surface area (Å²) in [6.45, 7) is 3.38. The van der Waals surface area contributed by atoms with Gasteiger partial charge in [-0.15, -0.1) is 12.4 Å². The molecule has 1 aliphatic heterocycles. The lowest BCUT2D eigenvalue weighted by Gasteiger charge is -2.32. The Labute approximate surface area is 115 Å². The second kappa shape index (κ2) is 7.45. The topological polar surface area (TPSA) is 41.1 Å². The van der Waals surface area contributed by atoms with Gasteiger partial charge in [0.1, 0.15) is 0 Å². The summed E-state index contributed by atoms with van der Waals surface area (Å²) < 4.78 is 35.6. The lowest BCUT2D eigenvalue weighted by atomic mass is 9.82. The van der Waals surface area contributed by atoms with Crippen molar-refractivity contribution in [3.8, 4) is 0 Å². The van der Waals surface area contributed by atoms with Gasteiger partial charge in [0.15, 0.2) is 0 Å². The largest absolute Gasteiger partial charge is 0.441 e. The summed E-state index contributed by atoms with van der Waals surface area (Å²) in [6.07, 6.45) is 1.69. The zero-order valence-electron chi connectivity index (χ0n) is 10.1. The first-order valence-electron chi connectivity index (χ1n) is 5.53. The SMILES string of the molecule is CC1(C(=O)NCCSC(F)(F)F)CCCNC1.Cl. The molecule has 1 unspecified atom stereocenters. The van der Waals surface area contributed by atoms with E-state index in [1.165, 1.54) is 0 Å². The van der Waals surface area contributed by atoms with Crippen LogP contribution in [0.15, 0.2) is 0 Å². The highest BCUT2D eigenvalue weighted by Gasteiger charge is 2.34. The highest BCUT2D eigenvalue weighted by atomic mass is 35.5. The molecule has 1 fully saturated rings. The Bertz CT molecular complexity index is 270. The molecule has 1 amide bonds. The van der Waals surface area contributed by atoms with Gasteiger partial charge in [-0.25, -0.2) is 0 Å². The molecule has 1 rings (SSSR count). The second-order valence-electron chi connectivity index (χ2n) is 4.39. The fourth-order valence-electron chi connectivity index (χ4n) is 1.79. The normalized spacial score (nSPS) is 24.2. The minimum Gasteiger partial charge on any atom is -0.355 e. The molecule has 0 bridgehead atoms. The Hall–Kier alpha value is -0.140. The number of hydrogen-bond donors (Lipinski definition) is 2. The van der Waals surface area contributed by atoms with Crippen LogP contribution in [0.5, 0.6) is 0 Å². The van der Waals surface area contributed by atoms with E-state index in [0.29, 0.717) is 6.54 Å². The lowest BCUT2D eigenvalue weighted by Crippen LogP contribution is -2.49. The number of thioether (sulfide) groups is 1. The smallest absolute Gasteiger partial charge is 0.355 e.